The minimum atomic E-state index is -0.834. The van der Waals surface area contributed by atoms with Gasteiger partial charge in [-0.3, -0.25) is 4.79 Å². The van der Waals surface area contributed by atoms with E-state index in [0.717, 1.165) is 12.3 Å². The summed E-state index contributed by atoms with van der Waals surface area (Å²) < 4.78 is 0. The third-order valence-corrected chi connectivity index (χ3v) is 4.67. The molecule has 114 valence electrons. The van der Waals surface area contributed by atoms with Crippen LogP contribution in [0.2, 0.25) is 0 Å². The summed E-state index contributed by atoms with van der Waals surface area (Å²) in [5.41, 5.74) is 0. The van der Waals surface area contributed by atoms with Crippen molar-refractivity contribution in [3.63, 3.8) is 0 Å². The molecule has 20 heavy (non-hydrogen) atoms. The number of carbonyl (C=O) groups excluding carboxylic acids is 1. The molecule has 0 aromatic rings. The SMILES string of the molecule is CC(C)CC(CNC(=O)NC1CC2CCC1C2)C(=O)O. The van der Waals surface area contributed by atoms with Crippen LogP contribution in [0.3, 0.4) is 0 Å². The van der Waals surface area contributed by atoms with Gasteiger partial charge < -0.3 is 15.7 Å². The lowest BCUT2D eigenvalue weighted by atomic mass is 9.95. The molecule has 2 aliphatic carbocycles. The predicted molar refractivity (Wildman–Crippen MR) is 76.4 cm³/mol. The minimum Gasteiger partial charge on any atom is -0.481 e. The number of amides is 2. The Morgan fingerprint density at radius 2 is 2.00 bits per heavy atom. The Hall–Kier alpha value is -1.26. The molecule has 5 heteroatoms. The predicted octanol–water partition coefficient (Wildman–Crippen LogP) is 2.22. The largest absolute Gasteiger partial charge is 0.481 e. The third-order valence-electron chi connectivity index (χ3n) is 4.67. The van der Waals surface area contributed by atoms with E-state index < -0.39 is 11.9 Å². The molecule has 0 saturated heterocycles. The smallest absolute Gasteiger partial charge is 0.315 e. The summed E-state index contributed by atoms with van der Waals surface area (Å²) >= 11 is 0. The number of hydrogen-bond acceptors (Lipinski definition) is 2. The van der Waals surface area contributed by atoms with Gasteiger partial charge in [-0.1, -0.05) is 20.3 Å². The fourth-order valence-electron chi connectivity index (χ4n) is 3.70. The van der Waals surface area contributed by atoms with Gasteiger partial charge in [-0.25, -0.2) is 4.79 Å². The van der Waals surface area contributed by atoms with Crippen molar-refractivity contribution in [2.45, 2.75) is 52.0 Å². The van der Waals surface area contributed by atoms with E-state index in [1.807, 2.05) is 13.8 Å². The number of carboxylic acids is 1. The van der Waals surface area contributed by atoms with Crippen molar-refractivity contribution >= 4 is 12.0 Å². The van der Waals surface area contributed by atoms with E-state index in [1.54, 1.807) is 0 Å². The molecule has 0 radical (unpaired) electrons. The van der Waals surface area contributed by atoms with E-state index >= 15 is 0 Å². The average Bonchev–Trinajstić information content (AvgIpc) is 2.95. The van der Waals surface area contributed by atoms with Gasteiger partial charge in [0.25, 0.3) is 0 Å². The van der Waals surface area contributed by atoms with Gasteiger partial charge in [0.2, 0.25) is 0 Å². The van der Waals surface area contributed by atoms with Crippen molar-refractivity contribution < 1.29 is 14.7 Å². The van der Waals surface area contributed by atoms with Crippen LogP contribution in [-0.2, 0) is 4.79 Å². The summed E-state index contributed by atoms with van der Waals surface area (Å²) in [7, 11) is 0. The molecule has 0 aromatic heterocycles. The maximum Gasteiger partial charge on any atom is 0.315 e. The Bertz CT molecular complexity index is 370. The zero-order valence-corrected chi connectivity index (χ0v) is 12.4. The Kier molecular flexibility index (Phi) is 4.89. The lowest BCUT2D eigenvalue weighted by Crippen LogP contribution is -2.46. The van der Waals surface area contributed by atoms with E-state index in [2.05, 4.69) is 10.6 Å². The molecule has 0 heterocycles. The van der Waals surface area contributed by atoms with Crippen LogP contribution >= 0.6 is 0 Å². The van der Waals surface area contributed by atoms with Crippen molar-refractivity contribution in [2.24, 2.45) is 23.7 Å². The highest BCUT2D eigenvalue weighted by Crippen LogP contribution is 2.44. The van der Waals surface area contributed by atoms with Crippen molar-refractivity contribution in [1.82, 2.24) is 10.6 Å². The first-order chi connectivity index (χ1) is 9.45. The van der Waals surface area contributed by atoms with E-state index in [-0.39, 0.29) is 12.6 Å². The monoisotopic (exact) mass is 282 g/mol. The van der Waals surface area contributed by atoms with Gasteiger partial charge in [0, 0.05) is 12.6 Å². The molecule has 2 fully saturated rings. The van der Waals surface area contributed by atoms with Gasteiger partial charge in [-0.05, 0) is 43.4 Å². The van der Waals surface area contributed by atoms with E-state index in [1.165, 1.54) is 19.3 Å². The van der Waals surface area contributed by atoms with Gasteiger partial charge in [0.05, 0.1) is 5.92 Å². The molecule has 2 amide bonds. The highest BCUT2D eigenvalue weighted by atomic mass is 16.4. The average molecular weight is 282 g/mol. The lowest BCUT2D eigenvalue weighted by Gasteiger charge is -2.23. The third kappa shape index (κ3) is 3.87. The molecular formula is C15H26N2O3. The molecule has 2 aliphatic rings. The Labute approximate surface area is 120 Å². The molecule has 0 spiro atoms. The topological polar surface area (TPSA) is 78.4 Å². The second-order valence-corrected chi connectivity index (χ2v) is 6.80. The van der Waals surface area contributed by atoms with Gasteiger partial charge in [0.15, 0.2) is 0 Å². The molecule has 4 unspecified atom stereocenters. The Morgan fingerprint density at radius 1 is 1.25 bits per heavy atom. The van der Waals surface area contributed by atoms with Gasteiger partial charge in [0.1, 0.15) is 0 Å². The molecule has 4 atom stereocenters. The van der Waals surface area contributed by atoms with Crippen LogP contribution in [0, 0.1) is 23.7 Å². The summed E-state index contributed by atoms with van der Waals surface area (Å²) in [6, 6.07) is 0.0830. The van der Waals surface area contributed by atoms with Crippen molar-refractivity contribution in [2.75, 3.05) is 6.54 Å². The molecular weight excluding hydrogens is 256 g/mol. The summed E-state index contributed by atoms with van der Waals surface area (Å²) in [5, 5.41) is 14.9. The second kappa shape index (κ2) is 6.46. The van der Waals surface area contributed by atoms with Crippen LogP contribution in [0.5, 0.6) is 0 Å². The normalized spacial score (nSPS) is 29.4. The summed E-state index contributed by atoms with van der Waals surface area (Å²) in [6.07, 6.45) is 5.45. The molecule has 2 rings (SSSR count). The highest BCUT2D eigenvalue weighted by Gasteiger charge is 2.40. The van der Waals surface area contributed by atoms with E-state index in [4.69, 9.17) is 5.11 Å². The van der Waals surface area contributed by atoms with Crippen LogP contribution in [-0.4, -0.2) is 29.7 Å². The fraction of sp³-hybridized carbons (Fsp3) is 0.867. The van der Waals surface area contributed by atoms with Crippen LogP contribution in [0.4, 0.5) is 4.79 Å². The zero-order valence-electron chi connectivity index (χ0n) is 12.4. The molecule has 2 saturated carbocycles. The highest BCUT2D eigenvalue weighted by molar-refractivity contribution is 5.76. The van der Waals surface area contributed by atoms with Crippen LogP contribution in [0.15, 0.2) is 0 Å². The quantitative estimate of drug-likeness (QED) is 0.699. The van der Waals surface area contributed by atoms with Crippen LogP contribution < -0.4 is 10.6 Å². The molecule has 0 aromatic carbocycles. The Balaban J connectivity index is 1.72. The Morgan fingerprint density at radius 3 is 2.50 bits per heavy atom. The van der Waals surface area contributed by atoms with E-state index in [9.17, 15) is 9.59 Å². The molecule has 3 N–H and O–H groups in total. The summed E-state index contributed by atoms with van der Waals surface area (Å²) in [6.45, 7) is 4.19. The van der Waals surface area contributed by atoms with Crippen molar-refractivity contribution in [3.05, 3.63) is 0 Å². The summed E-state index contributed by atoms with van der Waals surface area (Å²) in [5.74, 6) is 0.404. The van der Waals surface area contributed by atoms with Gasteiger partial charge in [-0.2, -0.15) is 0 Å². The zero-order chi connectivity index (χ0) is 14.7. The number of carbonyl (C=O) groups is 2. The fourth-order valence-corrected chi connectivity index (χ4v) is 3.70. The van der Waals surface area contributed by atoms with Gasteiger partial charge in [-0.15, -0.1) is 0 Å². The van der Waals surface area contributed by atoms with Gasteiger partial charge >= 0.3 is 12.0 Å². The lowest BCUT2D eigenvalue weighted by molar-refractivity contribution is -0.142. The first kappa shape index (κ1) is 15.1. The maximum atomic E-state index is 11.9. The minimum absolute atomic E-state index is 0.208. The van der Waals surface area contributed by atoms with Crippen molar-refractivity contribution in [1.29, 1.82) is 0 Å². The number of nitrogens with one attached hydrogen (secondary N) is 2. The number of urea groups is 1. The number of fused-ring (bicyclic) bond motifs is 2. The number of rotatable bonds is 6. The second-order valence-electron chi connectivity index (χ2n) is 6.80. The van der Waals surface area contributed by atoms with Crippen molar-refractivity contribution in [3.8, 4) is 0 Å². The number of aliphatic carboxylic acids is 1. The molecule has 0 aliphatic heterocycles. The first-order valence-corrected chi connectivity index (χ1v) is 7.73. The first-order valence-electron chi connectivity index (χ1n) is 7.73. The maximum absolute atomic E-state index is 11.9. The molecule has 2 bridgehead atoms. The standard InChI is InChI=1S/C15H26N2O3/c1-9(2)5-12(14(18)19)8-16-15(20)17-13-7-10-3-4-11(13)6-10/h9-13H,3-8H2,1-2H3,(H,18,19)(H2,16,17,20). The molecule has 5 nitrogen and oxygen atoms in total. The number of carboxylic acid groups (broad SMARTS) is 1. The van der Waals surface area contributed by atoms with Crippen LogP contribution in [0.1, 0.15) is 46.0 Å². The van der Waals surface area contributed by atoms with E-state index in [0.29, 0.717) is 24.3 Å². The number of hydrogen-bond donors (Lipinski definition) is 3. The van der Waals surface area contributed by atoms with Crippen LogP contribution in [0.25, 0.3) is 0 Å². The summed E-state index contributed by atoms with van der Waals surface area (Å²) in [4.78, 5) is 23.0.